The SMILES string of the molecule is CCC(C)(C)c1ccc(OCOCc2cc(C(C)(C)CC)ccc2O)c(C=O)c1. The Labute approximate surface area is 174 Å². The van der Waals surface area contributed by atoms with Crippen LogP contribution in [-0.2, 0) is 22.2 Å². The minimum Gasteiger partial charge on any atom is -0.508 e. The minimum absolute atomic E-state index is 0.00159. The van der Waals surface area contributed by atoms with E-state index in [1.165, 1.54) is 0 Å². The molecule has 1 N–H and O–H groups in total. The highest BCUT2D eigenvalue weighted by Gasteiger charge is 2.20. The molecule has 4 heteroatoms. The first-order valence-electron chi connectivity index (χ1n) is 10.3. The van der Waals surface area contributed by atoms with Crippen molar-refractivity contribution in [3.05, 3.63) is 58.7 Å². The highest BCUT2D eigenvalue weighted by atomic mass is 16.7. The van der Waals surface area contributed by atoms with Gasteiger partial charge in [0.25, 0.3) is 0 Å². The summed E-state index contributed by atoms with van der Waals surface area (Å²) < 4.78 is 11.3. The number of benzene rings is 2. The molecule has 0 fully saturated rings. The fraction of sp³-hybridized carbons (Fsp3) is 0.480. The third kappa shape index (κ3) is 5.60. The average Bonchev–Trinajstić information content (AvgIpc) is 2.72. The van der Waals surface area contributed by atoms with E-state index in [1.54, 1.807) is 6.07 Å². The molecule has 0 unspecified atom stereocenters. The Morgan fingerprint density at radius 1 is 0.931 bits per heavy atom. The molecule has 0 bridgehead atoms. The Morgan fingerprint density at radius 3 is 2.10 bits per heavy atom. The number of phenolic OH excluding ortho intramolecular Hbond substituents is 1. The first kappa shape index (κ1) is 23.0. The molecule has 0 aromatic heterocycles. The summed E-state index contributed by atoms with van der Waals surface area (Å²) in [4.78, 5) is 11.5. The van der Waals surface area contributed by atoms with Gasteiger partial charge < -0.3 is 14.6 Å². The van der Waals surface area contributed by atoms with E-state index in [4.69, 9.17) is 9.47 Å². The van der Waals surface area contributed by atoms with Crippen LogP contribution in [0.4, 0.5) is 0 Å². The zero-order valence-corrected chi connectivity index (χ0v) is 18.5. The van der Waals surface area contributed by atoms with Crippen molar-refractivity contribution in [2.24, 2.45) is 0 Å². The van der Waals surface area contributed by atoms with Gasteiger partial charge in [-0.2, -0.15) is 0 Å². The summed E-state index contributed by atoms with van der Waals surface area (Å²) in [6.07, 6.45) is 2.79. The lowest BCUT2D eigenvalue weighted by molar-refractivity contribution is 0.00407. The van der Waals surface area contributed by atoms with Crippen LogP contribution < -0.4 is 4.74 Å². The molecular weight excluding hydrogens is 364 g/mol. The molecule has 29 heavy (non-hydrogen) atoms. The monoisotopic (exact) mass is 398 g/mol. The average molecular weight is 399 g/mol. The van der Waals surface area contributed by atoms with Gasteiger partial charge in [0.05, 0.1) is 12.2 Å². The summed E-state index contributed by atoms with van der Waals surface area (Å²) >= 11 is 0. The van der Waals surface area contributed by atoms with Crippen LogP contribution in [0.3, 0.4) is 0 Å². The van der Waals surface area contributed by atoms with E-state index < -0.39 is 0 Å². The van der Waals surface area contributed by atoms with E-state index in [0.717, 1.165) is 35.8 Å². The van der Waals surface area contributed by atoms with Crippen molar-refractivity contribution in [1.82, 2.24) is 0 Å². The van der Waals surface area contributed by atoms with Crippen molar-refractivity contribution in [3.63, 3.8) is 0 Å². The van der Waals surface area contributed by atoms with E-state index in [9.17, 15) is 9.90 Å². The molecule has 4 nitrogen and oxygen atoms in total. The maximum absolute atomic E-state index is 11.5. The van der Waals surface area contributed by atoms with E-state index in [2.05, 4.69) is 41.5 Å². The predicted molar refractivity (Wildman–Crippen MR) is 117 cm³/mol. The van der Waals surface area contributed by atoms with Crippen molar-refractivity contribution < 1.29 is 19.4 Å². The first-order chi connectivity index (χ1) is 13.6. The molecule has 0 saturated heterocycles. The van der Waals surface area contributed by atoms with Crippen LogP contribution in [0.15, 0.2) is 36.4 Å². The van der Waals surface area contributed by atoms with Gasteiger partial charge in [0.1, 0.15) is 11.5 Å². The second-order valence-electron chi connectivity index (χ2n) is 8.80. The van der Waals surface area contributed by atoms with Gasteiger partial charge in [0, 0.05) is 5.56 Å². The highest BCUT2D eigenvalue weighted by molar-refractivity contribution is 5.79. The lowest BCUT2D eigenvalue weighted by Gasteiger charge is -2.24. The number of phenols is 1. The molecule has 2 aromatic carbocycles. The number of hydrogen-bond donors (Lipinski definition) is 1. The van der Waals surface area contributed by atoms with Crippen LogP contribution in [0, 0.1) is 0 Å². The van der Waals surface area contributed by atoms with E-state index in [0.29, 0.717) is 11.3 Å². The Morgan fingerprint density at radius 2 is 1.52 bits per heavy atom. The summed E-state index contributed by atoms with van der Waals surface area (Å²) in [6, 6.07) is 11.3. The molecule has 0 radical (unpaired) electrons. The molecule has 0 aliphatic heterocycles. The lowest BCUT2D eigenvalue weighted by Crippen LogP contribution is -2.16. The fourth-order valence-corrected chi connectivity index (χ4v) is 2.98. The molecule has 0 amide bonds. The van der Waals surface area contributed by atoms with Gasteiger partial charge in [0.15, 0.2) is 13.1 Å². The maximum atomic E-state index is 11.5. The summed E-state index contributed by atoms with van der Waals surface area (Å²) in [5.41, 5.74) is 3.55. The lowest BCUT2D eigenvalue weighted by atomic mass is 9.81. The molecule has 0 saturated carbocycles. The van der Waals surface area contributed by atoms with Gasteiger partial charge >= 0.3 is 0 Å². The quantitative estimate of drug-likeness (QED) is 0.297. The van der Waals surface area contributed by atoms with Crippen LogP contribution in [0.5, 0.6) is 11.5 Å². The molecule has 0 aliphatic rings. The maximum Gasteiger partial charge on any atom is 0.189 e. The number of carbonyl (C=O) groups excluding carboxylic acids is 1. The van der Waals surface area contributed by atoms with Crippen molar-refractivity contribution in [3.8, 4) is 11.5 Å². The Hall–Kier alpha value is -2.33. The van der Waals surface area contributed by atoms with Gasteiger partial charge in [-0.15, -0.1) is 0 Å². The molecule has 0 atom stereocenters. The number of rotatable bonds is 10. The zero-order chi connectivity index (χ0) is 21.7. The van der Waals surface area contributed by atoms with Gasteiger partial charge in [-0.1, -0.05) is 53.7 Å². The Bertz CT molecular complexity index is 837. The zero-order valence-electron chi connectivity index (χ0n) is 18.5. The van der Waals surface area contributed by atoms with Crippen molar-refractivity contribution >= 4 is 6.29 Å². The summed E-state index contributed by atoms with van der Waals surface area (Å²) in [7, 11) is 0. The summed E-state index contributed by atoms with van der Waals surface area (Å²) in [5.74, 6) is 0.709. The van der Waals surface area contributed by atoms with Crippen LogP contribution in [0.25, 0.3) is 0 Å². The van der Waals surface area contributed by atoms with Gasteiger partial charge in [-0.25, -0.2) is 0 Å². The number of aromatic hydroxyl groups is 1. The van der Waals surface area contributed by atoms with E-state index >= 15 is 0 Å². The largest absolute Gasteiger partial charge is 0.508 e. The Kier molecular flexibility index (Phi) is 7.48. The molecule has 0 aliphatic carbocycles. The summed E-state index contributed by atoms with van der Waals surface area (Å²) in [5, 5.41) is 10.1. The van der Waals surface area contributed by atoms with Crippen LogP contribution >= 0.6 is 0 Å². The number of aldehydes is 1. The van der Waals surface area contributed by atoms with Crippen molar-refractivity contribution in [2.45, 2.75) is 71.8 Å². The molecule has 2 aromatic rings. The van der Waals surface area contributed by atoms with Gasteiger partial charge in [0.2, 0.25) is 0 Å². The highest BCUT2D eigenvalue weighted by Crippen LogP contribution is 2.31. The second kappa shape index (κ2) is 9.45. The van der Waals surface area contributed by atoms with Crippen LogP contribution in [-0.4, -0.2) is 18.2 Å². The van der Waals surface area contributed by atoms with Crippen molar-refractivity contribution in [1.29, 1.82) is 0 Å². The minimum atomic E-state index is -0.00179. The third-order valence-corrected chi connectivity index (χ3v) is 6.10. The Balaban J connectivity index is 2.02. The topological polar surface area (TPSA) is 55.8 Å². The van der Waals surface area contributed by atoms with Crippen LogP contribution in [0.2, 0.25) is 0 Å². The third-order valence-electron chi connectivity index (χ3n) is 6.10. The predicted octanol–water partition coefficient (Wildman–Crippen LogP) is 6.13. The normalized spacial score (nSPS) is 12.1. The van der Waals surface area contributed by atoms with E-state index in [1.807, 2.05) is 30.3 Å². The number of ether oxygens (including phenoxy) is 2. The molecule has 0 spiro atoms. The molecule has 2 rings (SSSR count). The van der Waals surface area contributed by atoms with Crippen LogP contribution in [0.1, 0.15) is 81.4 Å². The fourth-order valence-electron chi connectivity index (χ4n) is 2.98. The smallest absolute Gasteiger partial charge is 0.189 e. The number of hydrogen-bond acceptors (Lipinski definition) is 4. The summed E-state index contributed by atoms with van der Waals surface area (Å²) in [6.45, 7) is 13.2. The van der Waals surface area contributed by atoms with Gasteiger partial charge in [-0.05, 0) is 59.1 Å². The standard InChI is InChI=1S/C25H34O4/c1-7-24(3,4)20-9-11-22(27)19(14-20)16-28-17-29-23-12-10-21(13-18(23)15-26)25(5,6)8-2/h9-15,27H,7-8,16-17H2,1-6H3. The van der Waals surface area contributed by atoms with Gasteiger partial charge in [-0.3, -0.25) is 4.79 Å². The molecule has 0 heterocycles. The van der Waals surface area contributed by atoms with E-state index in [-0.39, 0.29) is 30.0 Å². The first-order valence-corrected chi connectivity index (χ1v) is 10.3. The number of carbonyl (C=O) groups is 1. The molecular formula is C25H34O4. The van der Waals surface area contributed by atoms with Crippen molar-refractivity contribution in [2.75, 3.05) is 6.79 Å². The molecule has 158 valence electrons. The second-order valence-corrected chi connectivity index (χ2v) is 8.80.